The lowest BCUT2D eigenvalue weighted by atomic mass is 9.65. The molecule has 1 aromatic rings. The van der Waals surface area contributed by atoms with Crippen molar-refractivity contribution < 1.29 is 4.74 Å². The van der Waals surface area contributed by atoms with Gasteiger partial charge in [0, 0.05) is 11.8 Å². The van der Waals surface area contributed by atoms with Gasteiger partial charge in [0.1, 0.15) is 5.60 Å². The molecule has 5 nitrogen and oxygen atoms in total. The molecule has 2 N–H and O–H groups in total. The minimum atomic E-state index is -0.498. The molecule has 5 heteroatoms. The smallest absolute Gasteiger partial charge is 0.328 e. The van der Waals surface area contributed by atoms with Gasteiger partial charge in [-0.1, -0.05) is 13.3 Å². The Morgan fingerprint density at radius 3 is 2.68 bits per heavy atom. The fourth-order valence-corrected chi connectivity index (χ4v) is 3.76. The molecule has 0 bridgehead atoms. The average molecular weight is 264 g/mol. The summed E-state index contributed by atoms with van der Waals surface area (Å²) in [5.41, 5.74) is -0.496. The molecule has 1 aromatic heterocycles. The van der Waals surface area contributed by atoms with E-state index < -0.39 is 5.69 Å². The zero-order chi connectivity index (χ0) is 13.8. The van der Waals surface area contributed by atoms with Crippen LogP contribution in [0.1, 0.15) is 51.5 Å². The van der Waals surface area contributed by atoms with Crippen LogP contribution in [0, 0.1) is 11.8 Å². The molecule has 2 heterocycles. The first kappa shape index (κ1) is 12.5. The predicted octanol–water partition coefficient (Wildman–Crippen LogP) is 1.75. The van der Waals surface area contributed by atoms with Crippen LogP contribution >= 0.6 is 0 Å². The number of aromatic amines is 2. The Hall–Kier alpha value is -1.52. The Morgan fingerprint density at radius 2 is 1.95 bits per heavy atom. The van der Waals surface area contributed by atoms with Gasteiger partial charge in [-0.3, -0.25) is 14.8 Å². The zero-order valence-corrected chi connectivity index (χ0v) is 11.6. The number of fused-ring (bicyclic) bond motifs is 3. The van der Waals surface area contributed by atoms with Gasteiger partial charge in [0.15, 0.2) is 0 Å². The van der Waals surface area contributed by atoms with Gasteiger partial charge in [-0.2, -0.15) is 0 Å². The van der Waals surface area contributed by atoms with Gasteiger partial charge >= 0.3 is 5.69 Å². The van der Waals surface area contributed by atoms with Crippen LogP contribution in [0.2, 0.25) is 0 Å². The van der Waals surface area contributed by atoms with Crippen molar-refractivity contribution in [2.24, 2.45) is 11.8 Å². The van der Waals surface area contributed by atoms with Crippen LogP contribution in [0.3, 0.4) is 0 Å². The average Bonchev–Trinajstić information content (AvgIpc) is 2.25. The summed E-state index contributed by atoms with van der Waals surface area (Å²) in [6.45, 7) is 6.31. The molecule has 0 spiro atoms. The number of rotatable bonds is 0. The topological polar surface area (TPSA) is 75.0 Å². The molecule has 1 aliphatic carbocycles. The SMILES string of the molecule is CC1CCC2C(C1)c1c([nH]c(=O)[nH]c1=O)OC2(C)C. The van der Waals surface area contributed by atoms with Crippen LogP contribution in [0.4, 0.5) is 0 Å². The largest absolute Gasteiger partial charge is 0.472 e. The fourth-order valence-electron chi connectivity index (χ4n) is 3.76. The second kappa shape index (κ2) is 3.99. The molecule has 0 radical (unpaired) electrons. The molecule has 0 amide bonds. The van der Waals surface area contributed by atoms with E-state index in [1.807, 2.05) is 13.8 Å². The minimum absolute atomic E-state index is 0.183. The van der Waals surface area contributed by atoms with Crippen LogP contribution in [-0.4, -0.2) is 15.6 Å². The molecular weight excluding hydrogens is 244 g/mol. The maximum atomic E-state index is 12.1. The molecule has 0 saturated heterocycles. The van der Waals surface area contributed by atoms with Crippen LogP contribution < -0.4 is 16.0 Å². The third-order valence-electron chi connectivity index (χ3n) is 4.68. The lowest BCUT2D eigenvalue weighted by molar-refractivity contribution is -0.0187. The van der Waals surface area contributed by atoms with Crippen molar-refractivity contribution in [2.45, 2.75) is 51.6 Å². The van der Waals surface area contributed by atoms with E-state index >= 15 is 0 Å². The quantitative estimate of drug-likeness (QED) is 0.749. The summed E-state index contributed by atoms with van der Waals surface area (Å²) in [6, 6.07) is 0. The number of nitrogens with one attached hydrogen (secondary N) is 2. The molecule has 0 aromatic carbocycles. The van der Waals surface area contributed by atoms with Crippen molar-refractivity contribution in [3.05, 3.63) is 26.4 Å². The predicted molar refractivity (Wildman–Crippen MR) is 71.6 cm³/mol. The molecular formula is C14H20N2O3. The zero-order valence-electron chi connectivity index (χ0n) is 11.6. The standard InChI is InChI=1S/C14H20N2O3/c1-7-4-5-9-8(6-7)10-11(17)15-13(18)16-12(10)19-14(9,2)3/h7-9H,4-6H2,1-3H3,(H2,15,16,17,18). The molecule has 3 atom stereocenters. The third-order valence-corrected chi connectivity index (χ3v) is 4.68. The Labute approximate surface area is 111 Å². The number of hydrogen-bond acceptors (Lipinski definition) is 3. The molecule has 1 fully saturated rings. The Morgan fingerprint density at radius 1 is 1.21 bits per heavy atom. The second-order valence-corrected chi connectivity index (χ2v) is 6.49. The number of H-pyrrole nitrogens is 2. The monoisotopic (exact) mass is 264 g/mol. The third kappa shape index (κ3) is 1.91. The van der Waals surface area contributed by atoms with Gasteiger partial charge in [0.05, 0.1) is 5.56 Å². The maximum Gasteiger partial charge on any atom is 0.328 e. The van der Waals surface area contributed by atoms with Crippen molar-refractivity contribution >= 4 is 0 Å². The summed E-state index contributed by atoms with van der Waals surface area (Å²) in [7, 11) is 0. The first-order chi connectivity index (χ1) is 8.88. The van der Waals surface area contributed by atoms with Gasteiger partial charge in [0.2, 0.25) is 5.88 Å². The van der Waals surface area contributed by atoms with Gasteiger partial charge in [-0.25, -0.2) is 4.79 Å². The molecule has 2 aliphatic rings. The maximum absolute atomic E-state index is 12.1. The molecule has 1 saturated carbocycles. The van der Waals surface area contributed by atoms with E-state index in [9.17, 15) is 9.59 Å². The van der Waals surface area contributed by atoms with Gasteiger partial charge in [-0.15, -0.1) is 0 Å². The summed E-state index contributed by atoms with van der Waals surface area (Å²) in [4.78, 5) is 28.5. The van der Waals surface area contributed by atoms with Crippen molar-refractivity contribution in [3.63, 3.8) is 0 Å². The Bertz CT molecular complexity index is 614. The summed E-state index contributed by atoms with van der Waals surface area (Å²) in [5, 5.41) is 0. The van der Waals surface area contributed by atoms with E-state index in [1.54, 1.807) is 0 Å². The first-order valence-corrected chi connectivity index (χ1v) is 6.94. The van der Waals surface area contributed by atoms with Crippen molar-refractivity contribution in [1.82, 2.24) is 9.97 Å². The number of aromatic nitrogens is 2. The normalized spacial score (nSPS) is 32.1. The van der Waals surface area contributed by atoms with Crippen molar-refractivity contribution in [2.75, 3.05) is 0 Å². The minimum Gasteiger partial charge on any atom is -0.472 e. The highest BCUT2D eigenvalue weighted by Gasteiger charge is 2.47. The summed E-state index contributed by atoms with van der Waals surface area (Å²) >= 11 is 0. The Kier molecular flexibility index (Phi) is 2.62. The van der Waals surface area contributed by atoms with Gasteiger partial charge < -0.3 is 4.74 Å². The highest BCUT2D eigenvalue weighted by molar-refractivity contribution is 5.32. The van der Waals surface area contributed by atoms with Crippen molar-refractivity contribution in [1.29, 1.82) is 0 Å². The molecule has 104 valence electrons. The Balaban J connectivity index is 2.18. The van der Waals surface area contributed by atoms with E-state index in [4.69, 9.17) is 4.74 Å². The molecule has 3 unspecified atom stereocenters. The van der Waals surface area contributed by atoms with Gasteiger partial charge in [0.25, 0.3) is 5.56 Å². The highest BCUT2D eigenvalue weighted by Crippen LogP contribution is 2.50. The van der Waals surface area contributed by atoms with Crippen LogP contribution in [0.25, 0.3) is 0 Å². The summed E-state index contributed by atoms with van der Waals surface area (Å²) in [6.07, 6.45) is 3.22. The molecule has 3 rings (SSSR count). The first-order valence-electron chi connectivity index (χ1n) is 6.94. The van der Waals surface area contributed by atoms with Crippen molar-refractivity contribution in [3.8, 4) is 5.88 Å². The summed E-state index contributed by atoms with van der Waals surface area (Å²) < 4.78 is 5.91. The van der Waals surface area contributed by atoms with E-state index in [1.165, 1.54) is 6.42 Å². The molecule has 19 heavy (non-hydrogen) atoms. The lowest BCUT2D eigenvalue weighted by Crippen LogP contribution is -2.49. The van der Waals surface area contributed by atoms with Gasteiger partial charge in [-0.05, 0) is 32.6 Å². The number of hydrogen-bond donors (Lipinski definition) is 2. The van der Waals surface area contributed by atoms with Crippen LogP contribution in [0.15, 0.2) is 9.59 Å². The van der Waals surface area contributed by atoms with Crippen LogP contribution in [-0.2, 0) is 0 Å². The number of ether oxygens (including phenoxy) is 1. The highest BCUT2D eigenvalue weighted by atomic mass is 16.5. The summed E-state index contributed by atoms with van der Waals surface area (Å²) in [5.74, 6) is 1.50. The van der Waals surface area contributed by atoms with Crippen LogP contribution in [0.5, 0.6) is 5.88 Å². The lowest BCUT2D eigenvalue weighted by Gasteiger charge is -2.47. The van der Waals surface area contributed by atoms with E-state index in [0.717, 1.165) is 12.8 Å². The molecule has 1 aliphatic heterocycles. The van der Waals surface area contributed by atoms with E-state index in [-0.39, 0.29) is 17.1 Å². The van der Waals surface area contributed by atoms with E-state index in [2.05, 4.69) is 16.9 Å². The fraction of sp³-hybridized carbons (Fsp3) is 0.714. The second-order valence-electron chi connectivity index (χ2n) is 6.49. The van der Waals surface area contributed by atoms with E-state index in [0.29, 0.717) is 23.3 Å².